The van der Waals surface area contributed by atoms with Crippen molar-refractivity contribution < 1.29 is 4.74 Å². The topological polar surface area (TPSA) is 43.3 Å². The van der Waals surface area contributed by atoms with Crippen molar-refractivity contribution >= 4 is 5.69 Å². The molecule has 4 heteroatoms. The molecule has 1 N–H and O–H groups in total. The highest BCUT2D eigenvalue weighted by Gasteiger charge is 2.17. The quantitative estimate of drug-likeness (QED) is 0.717. The molecule has 1 aromatic heterocycles. The Labute approximate surface area is 82.5 Å². The van der Waals surface area contributed by atoms with Crippen LogP contribution in [-0.2, 0) is 13.5 Å². The summed E-state index contributed by atoms with van der Waals surface area (Å²) in [5.41, 5.74) is 1.67. The maximum atomic E-state index is 11.7. The van der Waals surface area contributed by atoms with Crippen molar-refractivity contribution in [2.75, 3.05) is 18.5 Å². The minimum absolute atomic E-state index is 0.0168. The van der Waals surface area contributed by atoms with Gasteiger partial charge in [0, 0.05) is 25.4 Å². The van der Waals surface area contributed by atoms with E-state index in [9.17, 15) is 4.79 Å². The highest BCUT2D eigenvalue weighted by atomic mass is 16.5. The molecule has 1 aromatic rings. The minimum atomic E-state index is -0.0168. The van der Waals surface area contributed by atoms with E-state index in [1.54, 1.807) is 11.6 Å². The highest BCUT2D eigenvalue weighted by molar-refractivity contribution is 5.59. The first-order valence-electron chi connectivity index (χ1n) is 4.83. The molecule has 0 aromatic carbocycles. The summed E-state index contributed by atoms with van der Waals surface area (Å²) < 4.78 is 7.10. The predicted molar refractivity (Wildman–Crippen MR) is 55.0 cm³/mol. The lowest BCUT2D eigenvalue weighted by molar-refractivity contribution is 0.318. The molecule has 4 nitrogen and oxygen atoms in total. The van der Waals surface area contributed by atoms with Crippen molar-refractivity contribution in [1.82, 2.24) is 4.57 Å². The van der Waals surface area contributed by atoms with Gasteiger partial charge in [-0.2, -0.15) is 0 Å². The number of ether oxygens (including phenoxy) is 1. The third-order valence-corrected chi connectivity index (χ3v) is 2.43. The molecular formula is C10H14N2O2. The second-order valence-electron chi connectivity index (χ2n) is 3.40. The van der Waals surface area contributed by atoms with E-state index in [0.29, 0.717) is 18.8 Å². The van der Waals surface area contributed by atoms with Crippen LogP contribution in [0.1, 0.15) is 12.5 Å². The van der Waals surface area contributed by atoms with Crippen LogP contribution in [0.2, 0.25) is 0 Å². The summed E-state index contributed by atoms with van der Waals surface area (Å²) in [6.45, 7) is 3.39. The number of aromatic nitrogens is 1. The van der Waals surface area contributed by atoms with E-state index in [1.807, 2.05) is 6.20 Å². The lowest BCUT2D eigenvalue weighted by Crippen LogP contribution is -2.29. The van der Waals surface area contributed by atoms with Crippen LogP contribution >= 0.6 is 0 Å². The van der Waals surface area contributed by atoms with Gasteiger partial charge in [-0.05, 0) is 6.42 Å². The molecule has 0 bridgehead atoms. The van der Waals surface area contributed by atoms with E-state index in [4.69, 9.17) is 4.74 Å². The zero-order valence-corrected chi connectivity index (χ0v) is 8.46. The first-order chi connectivity index (χ1) is 6.74. The van der Waals surface area contributed by atoms with Crippen LogP contribution in [0, 0.1) is 0 Å². The fourth-order valence-electron chi connectivity index (χ4n) is 1.69. The molecule has 0 radical (unpaired) electrons. The molecule has 0 spiro atoms. The minimum Gasteiger partial charge on any atom is -0.489 e. The Morgan fingerprint density at radius 1 is 1.64 bits per heavy atom. The van der Waals surface area contributed by atoms with Gasteiger partial charge in [0.05, 0.1) is 0 Å². The van der Waals surface area contributed by atoms with Crippen LogP contribution in [0.3, 0.4) is 0 Å². The standard InChI is InChI=1S/C10H14N2O2/c1-3-7-6-12(2)10(13)8-9(7)14-5-4-11-8/h6,11H,3-5H2,1-2H3. The maximum absolute atomic E-state index is 11.7. The summed E-state index contributed by atoms with van der Waals surface area (Å²) in [6.07, 6.45) is 2.71. The Hall–Kier alpha value is -1.45. The van der Waals surface area contributed by atoms with Crippen LogP contribution in [0.15, 0.2) is 11.0 Å². The number of nitrogens with zero attached hydrogens (tertiary/aromatic N) is 1. The Bertz CT molecular complexity index is 409. The number of hydrogen-bond acceptors (Lipinski definition) is 3. The van der Waals surface area contributed by atoms with Crippen LogP contribution in [0.5, 0.6) is 5.75 Å². The van der Waals surface area contributed by atoms with Gasteiger partial charge in [0.15, 0.2) is 5.75 Å². The average Bonchev–Trinajstić information content (AvgIpc) is 2.23. The SMILES string of the molecule is CCc1cn(C)c(=O)c2c1OCCN2. The number of fused-ring (bicyclic) bond motifs is 1. The summed E-state index contributed by atoms with van der Waals surface area (Å²) in [4.78, 5) is 11.7. The Morgan fingerprint density at radius 3 is 3.14 bits per heavy atom. The average molecular weight is 194 g/mol. The normalized spacial score (nSPS) is 14.1. The third-order valence-electron chi connectivity index (χ3n) is 2.43. The second-order valence-corrected chi connectivity index (χ2v) is 3.40. The van der Waals surface area contributed by atoms with Crippen LogP contribution in [0.4, 0.5) is 5.69 Å². The molecule has 0 saturated carbocycles. The second kappa shape index (κ2) is 3.36. The monoisotopic (exact) mass is 194 g/mol. The Morgan fingerprint density at radius 2 is 2.43 bits per heavy atom. The molecule has 76 valence electrons. The van der Waals surface area contributed by atoms with Gasteiger partial charge in [0.1, 0.15) is 12.3 Å². The van der Waals surface area contributed by atoms with Crippen LogP contribution in [-0.4, -0.2) is 17.7 Å². The molecule has 0 amide bonds. The van der Waals surface area contributed by atoms with Crippen molar-refractivity contribution in [1.29, 1.82) is 0 Å². The first kappa shape index (κ1) is 9.12. The molecule has 1 aliphatic rings. The summed E-state index contributed by atoms with van der Waals surface area (Å²) in [6, 6.07) is 0. The van der Waals surface area contributed by atoms with Gasteiger partial charge in [-0.3, -0.25) is 4.79 Å². The highest BCUT2D eigenvalue weighted by Crippen LogP contribution is 2.27. The summed E-state index contributed by atoms with van der Waals surface area (Å²) in [7, 11) is 1.76. The lowest BCUT2D eigenvalue weighted by Gasteiger charge is -2.21. The van der Waals surface area contributed by atoms with Gasteiger partial charge in [-0.15, -0.1) is 0 Å². The van der Waals surface area contributed by atoms with E-state index in [2.05, 4.69) is 12.2 Å². The lowest BCUT2D eigenvalue weighted by atomic mass is 10.1. The van der Waals surface area contributed by atoms with Crippen LogP contribution < -0.4 is 15.6 Å². The maximum Gasteiger partial charge on any atom is 0.277 e. The number of rotatable bonds is 1. The fourth-order valence-corrected chi connectivity index (χ4v) is 1.69. The molecular weight excluding hydrogens is 180 g/mol. The van der Waals surface area contributed by atoms with Gasteiger partial charge in [0.25, 0.3) is 5.56 Å². The summed E-state index contributed by atoms with van der Waals surface area (Å²) >= 11 is 0. The molecule has 0 fully saturated rings. The van der Waals surface area contributed by atoms with E-state index in [0.717, 1.165) is 17.7 Å². The molecule has 0 atom stereocenters. The molecule has 14 heavy (non-hydrogen) atoms. The largest absolute Gasteiger partial charge is 0.489 e. The molecule has 0 aliphatic carbocycles. The van der Waals surface area contributed by atoms with Crippen molar-refractivity contribution in [2.24, 2.45) is 7.05 Å². The van der Waals surface area contributed by atoms with Crippen molar-refractivity contribution in [3.05, 3.63) is 22.1 Å². The predicted octanol–water partition coefficient (Wildman–Crippen LogP) is 0.752. The summed E-state index contributed by atoms with van der Waals surface area (Å²) in [5, 5.41) is 3.09. The fraction of sp³-hybridized carbons (Fsp3) is 0.500. The number of hydrogen-bond donors (Lipinski definition) is 1. The molecule has 2 rings (SSSR count). The smallest absolute Gasteiger partial charge is 0.277 e. The Kier molecular flexibility index (Phi) is 2.19. The molecule has 0 saturated heterocycles. The van der Waals surface area contributed by atoms with Gasteiger partial charge in [0.2, 0.25) is 0 Å². The van der Waals surface area contributed by atoms with Gasteiger partial charge in [-0.25, -0.2) is 0 Å². The van der Waals surface area contributed by atoms with Crippen molar-refractivity contribution in [3.63, 3.8) is 0 Å². The van der Waals surface area contributed by atoms with E-state index < -0.39 is 0 Å². The number of aryl methyl sites for hydroxylation is 2. The molecule has 2 heterocycles. The first-order valence-corrected chi connectivity index (χ1v) is 4.83. The van der Waals surface area contributed by atoms with Gasteiger partial charge < -0.3 is 14.6 Å². The van der Waals surface area contributed by atoms with E-state index in [-0.39, 0.29) is 5.56 Å². The van der Waals surface area contributed by atoms with Gasteiger partial charge >= 0.3 is 0 Å². The number of anilines is 1. The van der Waals surface area contributed by atoms with Crippen LogP contribution in [0.25, 0.3) is 0 Å². The van der Waals surface area contributed by atoms with Crippen molar-refractivity contribution in [2.45, 2.75) is 13.3 Å². The third kappa shape index (κ3) is 1.27. The molecule has 1 aliphatic heterocycles. The summed E-state index contributed by atoms with van der Waals surface area (Å²) in [5.74, 6) is 0.738. The van der Waals surface area contributed by atoms with E-state index in [1.165, 1.54) is 0 Å². The zero-order valence-electron chi connectivity index (χ0n) is 8.46. The number of nitrogens with one attached hydrogen (secondary N) is 1. The van der Waals surface area contributed by atoms with E-state index >= 15 is 0 Å². The van der Waals surface area contributed by atoms with Crippen molar-refractivity contribution in [3.8, 4) is 5.75 Å². The van der Waals surface area contributed by atoms with Gasteiger partial charge in [-0.1, -0.05) is 6.92 Å². The number of pyridine rings is 1. The Balaban J connectivity index is 2.66. The zero-order chi connectivity index (χ0) is 10.1. The molecule has 0 unspecified atom stereocenters.